The van der Waals surface area contributed by atoms with Crippen molar-refractivity contribution in [2.24, 2.45) is 5.73 Å². The van der Waals surface area contributed by atoms with Crippen LogP contribution in [0.4, 0.5) is 0 Å². The van der Waals surface area contributed by atoms with Gasteiger partial charge in [-0.1, -0.05) is 6.92 Å². The van der Waals surface area contributed by atoms with E-state index in [1.54, 1.807) is 11.3 Å². The van der Waals surface area contributed by atoms with Crippen LogP contribution in [0.2, 0.25) is 0 Å². The van der Waals surface area contributed by atoms with E-state index in [1.807, 2.05) is 18.5 Å². The predicted octanol–water partition coefficient (Wildman–Crippen LogP) is 2.22. The Labute approximate surface area is 95.7 Å². The maximum absolute atomic E-state index is 6.18. The summed E-state index contributed by atoms with van der Waals surface area (Å²) in [5, 5.41) is 3.06. The monoisotopic (exact) mass is 228 g/mol. The number of ether oxygens (including phenoxy) is 1. The van der Waals surface area contributed by atoms with Crippen molar-refractivity contribution in [3.63, 3.8) is 0 Å². The lowest BCUT2D eigenvalue weighted by Gasteiger charge is -2.34. The second kappa shape index (κ2) is 5.58. The van der Waals surface area contributed by atoms with Crippen LogP contribution >= 0.6 is 11.3 Å². The molecule has 4 heteroatoms. The van der Waals surface area contributed by atoms with Gasteiger partial charge in [-0.15, -0.1) is 11.3 Å². The van der Waals surface area contributed by atoms with Crippen LogP contribution in [-0.2, 0) is 11.2 Å². The molecule has 0 fully saturated rings. The summed E-state index contributed by atoms with van der Waals surface area (Å²) < 4.78 is 5.74. The first-order valence-electron chi connectivity index (χ1n) is 5.40. The molecular formula is C11H20N2OS. The van der Waals surface area contributed by atoms with Gasteiger partial charge in [0.25, 0.3) is 0 Å². The van der Waals surface area contributed by atoms with E-state index in [0.29, 0.717) is 6.61 Å². The zero-order valence-corrected chi connectivity index (χ0v) is 10.5. The van der Waals surface area contributed by atoms with Crippen LogP contribution < -0.4 is 5.73 Å². The van der Waals surface area contributed by atoms with Gasteiger partial charge in [0.05, 0.1) is 10.6 Å². The molecule has 2 N–H and O–H groups in total. The van der Waals surface area contributed by atoms with E-state index in [-0.39, 0.29) is 11.6 Å². The quantitative estimate of drug-likeness (QED) is 0.812. The average molecular weight is 228 g/mol. The standard InChI is InChI=1S/C11H20N2OS/c1-4-11(3,14-5-2)9(12)8-10-13-6-7-15-10/h6-7,9H,4-5,8,12H2,1-3H3. The minimum atomic E-state index is -0.236. The number of nitrogens with two attached hydrogens (primary N) is 1. The lowest BCUT2D eigenvalue weighted by atomic mass is 9.91. The Hall–Kier alpha value is -0.450. The molecule has 0 aliphatic rings. The number of hydrogen-bond acceptors (Lipinski definition) is 4. The minimum Gasteiger partial charge on any atom is -0.374 e. The van der Waals surface area contributed by atoms with Crippen molar-refractivity contribution in [1.29, 1.82) is 0 Å². The molecule has 1 aromatic heterocycles. The Morgan fingerprint density at radius 3 is 2.80 bits per heavy atom. The summed E-state index contributed by atoms with van der Waals surface area (Å²) in [6.07, 6.45) is 3.53. The third-order valence-electron chi connectivity index (χ3n) is 2.84. The van der Waals surface area contributed by atoms with Gasteiger partial charge in [0.15, 0.2) is 0 Å². The maximum Gasteiger partial charge on any atom is 0.0941 e. The lowest BCUT2D eigenvalue weighted by molar-refractivity contribution is -0.0461. The molecular weight excluding hydrogens is 208 g/mol. The third-order valence-corrected chi connectivity index (χ3v) is 3.64. The zero-order valence-electron chi connectivity index (χ0n) is 9.69. The van der Waals surface area contributed by atoms with Crippen molar-refractivity contribution in [3.05, 3.63) is 16.6 Å². The van der Waals surface area contributed by atoms with Crippen molar-refractivity contribution in [3.8, 4) is 0 Å². The van der Waals surface area contributed by atoms with E-state index >= 15 is 0 Å². The number of thiazole rings is 1. The number of aromatic nitrogens is 1. The van der Waals surface area contributed by atoms with Gasteiger partial charge in [-0.05, 0) is 20.3 Å². The number of hydrogen-bond donors (Lipinski definition) is 1. The molecule has 1 aromatic rings. The first-order chi connectivity index (χ1) is 7.12. The molecule has 0 saturated heterocycles. The summed E-state index contributed by atoms with van der Waals surface area (Å²) in [4.78, 5) is 4.25. The van der Waals surface area contributed by atoms with Gasteiger partial charge in [0, 0.05) is 30.6 Å². The lowest BCUT2D eigenvalue weighted by Crippen LogP contribution is -2.48. The highest BCUT2D eigenvalue weighted by atomic mass is 32.1. The van der Waals surface area contributed by atoms with Gasteiger partial charge < -0.3 is 10.5 Å². The van der Waals surface area contributed by atoms with Gasteiger partial charge in [-0.2, -0.15) is 0 Å². The van der Waals surface area contributed by atoms with E-state index in [9.17, 15) is 0 Å². The molecule has 86 valence electrons. The van der Waals surface area contributed by atoms with Gasteiger partial charge in [-0.3, -0.25) is 0 Å². The molecule has 0 amide bonds. The molecule has 1 rings (SSSR count). The second-order valence-corrected chi connectivity index (χ2v) is 4.81. The molecule has 0 aliphatic heterocycles. The van der Waals surface area contributed by atoms with Crippen LogP contribution in [0.3, 0.4) is 0 Å². The molecule has 0 radical (unpaired) electrons. The summed E-state index contributed by atoms with van der Waals surface area (Å²) in [6.45, 7) is 6.89. The van der Waals surface area contributed by atoms with Gasteiger partial charge >= 0.3 is 0 Å². The van der Waals surface area contributed by atoms with Crippen molar-refractivity contribution in [2.45, 2.75) is 45.3 Å². The molecule has 0 spiro atoms. The molecule has 0 bridgehead atoms. The maximum atomic E-state index is 6.18. The first-order valence-corrected chi connectivity index (χ1v) is 6.28. The molecule has 3 nitrogen and oxygen atoms in total. The van der Waals surface area contributed by atoms with Crippen molar-refractivity contribution in [2.75, 3.05) is 6.61 Å². The van der Waals surface area contributed by atoms with E-state index in [1.165, 1.54) is 0 Å². The van der Waals surface area contributed by atoms with Crippen molar-refractivity contribution < 1.29 is 4.74 Å². The smallest absolute Gasteiger partial charge is 0.0941 e. The molecule has 0 saturated carbocycles. The third kappa shape index (κ3) is 3.26. The molecule has 2 unspecified atom stereocenters. The highest BCUT2D eigenvalue weighted by molar-refractivity contribution is 7.09. The van der Waals surface area contributed by atoms with Crippen molar-refractivity contribution >= 4 is 11.3 Å². The van der Waals surface area contributed by atoms with Crippen molar-refractivity contribution in [1.82, 2.24) is 4.98 Å². The average Bonchev–Trinajstić information content (AvgIpc) is 2.70. The van der Waals surface area contributed by atoms with Gasteiger partial charge in [0.2, 0.25) is 0 Å². The number of rotatable bonds is 6. The highest BCUT2D eigenvalue weighted by Gasteiger charge is 2.30. The Morgan fingerprint density at radius 2 is 2.33 bits per heavy atom. The van der Waals surface area contributed by atoms with Gasteiger partial charge in [0.1, 0.15) is 0 Å². The SMILES string of the molecule is CCOC(C)(CC)C(N)Cc1nccs1. The van der Waals surface area contributed by atoms with E-state index < -0.39 is 0 Å². The Bertz CT molecular complexity index is 276. The van der Waals surface area contributed by atoms with E-state index in [0.717, 1.165) is 17.8 Å². The summed E-state index contributed by atoms with van der Waals surface area (Å²) in [6, 6.07) is 0.00796. The van der Waals surface area contributed by atoms with E-state index in [2.05, 4.69) is 18.8 Å². The predicted molar refractivity (Wildman–Crippen MR) is 64.1 cm³/mol. The first kappa shape index (κ1) is 12.6. The summed E-state index contributed by atoms with van der Waals surface area (Å²) in [7, 11) is 0. The molecule has 0 aromatic carbocycles. The fourth-order valence-electron chi connectivity index (χ4n) is 1.56. The molecule has 1 heterocycles. The summed E-state index contributed by atoms with van der Waals surface area (Å²) in [5.41, 5.74) is 5.95. The van der Waals surface area contributed by atoms with Crippen LogP contribution in [-0.4, -0.2) is 23.2 Å². The van der Waals surface area contributed by atoms with Crippen LogP contribution in [0.5, 0.6) is 0 Å². The summed E-state index contributed by atoms with van der Waals surface area (Å²) >= 11 is 1.65. The fraction of sp³-hybridized carbons (Fsp3) is 0.727. The molecule has 2 atom stereocenters. The Kier molecular flexibility index (Phi) is 4.70. The van der Waals surface area contributed by atoms with Gasteiger partial charge in [-0.25, -0.2) is 4.98 Å². The zero-order chi connectivity index (χ0) is 11.3. The highest BCUT2D eigenvalue weighted by Crippen LogP contribution is 2.22. The number of nitrogens with zero attached hydrogens (tertiary/aromatic N) is 1. The van der Waals surface area contributed by atoms with Crippen LogP contribution in [0.25, 0.3) is 0 Å². The van der Waals surface area contributed by atoms with Crippen LogP contribution in [0.15, 0.2) is 11.6 Å². The minimum absolute atomic E-state index is 0.00796. The normalized spacial score (nSPS) is 17.3. The largest absolute Gasteiger partial charge is 0.374 e. The Balaban J connectivity index is 2.60. The molecule has 0 aliphatic carbocycles. The Morgan fingerprint density at radius 1 is 1.60 bits per heavy atom. The fourth-order valence-corrected chi connectivity index (χ4v) is 2.24. The van der Waals surface area contributed by atoms with Crippen LogP contribution in [0.1, 0.15) is 32.2 Å². The topological polar surface area (TPSA) is 48.1 Å². The second-order valence-electron chi connectivity index (χ2n) is 3.84. The van der Waals surface area contributed by atoms with E-state index in [4.69, 9.17) is 10.5 Å². The molecule has 15 heavy (non-hydrogen) atoms. The summed E-state index contributed by atoms with van der Waals surface area (Å²) in [5.74, 6) is 0. The van der Waals surface area contributed by atoms with Crippen LogP contribution in [0, 0.1) is 0 Å².